The van der Waals surface area contributed by atoms with Crippen molar-refractivity contribution < 1.29 is 14.3 Å². The maximum Gasteiger partial charge on any atom is 0.226 e. The van der Waals surface area contributed by atoms with Gasteiger partial charge in [0.2, 0.25) is 5.91 Å². The molecule has 0 N–H and O–H groups in total. The number of allylic oxidation sites excluding steroid dienone is 2. The first-order valence-corrected chi connectivity index (χ1v) is 7.26. The van der Waals surface area contributed by atoms with Crippen LogP contribution in [0.1, 0.15) is 24.8 Å². The lowest BCUT2D eigenvalue weighted by Crippen LogP contribution is -2.33. The van der Waals surface area contributed by atoms with E-state index in [1.54, 1.807) is 19.1 Å². The highest BCUT2D eigenvalue weighted by molar-refractivity contribution is 5.79. The molecule has 4 heteroatoms. The molecular weight excluding hydrogens is 266 g/mol. The maximum atomic E-state index is 12.5. The molecule has 0 saturated heterocycles. The second-order valence-electron chi connectivity index (χ2n) is 5.35. The number of methoxy groups -OCH3 is 2. The van der Waals surface area contributed by atoms with E-state index in [4.69, 9.17) is 9.47 Å². The molecule has 1 aromatic rings. The van der Waals surface area contributed by atoms with Gasteiger partial charge in [-0.3, -0.25) is 4.79 Å². The van der Waals surface area contributed by atoms with Crippen LogP contribution in [-0.4, -0.2) is 32.1 Å². The summed E-state index contributed by atoms with van der Waals surface area (Å²) in [7, 11) is 5.11. The first-order chi connectivity index (χ1) is 10.2. The zero-order valence-electron chi connectivity index (χ0n) is 13.0. The molecule has 0 saturated carbocycles. The third kappa shape index (κ3) is 3.78. The zero-order valence-corrected chi connectivity index (χ0v) is 13.0. The quantitative estimate of drug-likeness (QED) is 0.782. The highest BCUT2D eigenvalue weighted by atomic mass is 16.5. The van der Waals surface area contributed by atoms with Gasteiger partial charge in [0.1, 0.15) is 11.5 Å². The lowest BCUT2D eigenvalue weighted by molar-refractivity contribution is -0.135. The van der Waals surface area contributed by atoms with Crippen molar-refractivity contribution in [3.05, 3.63) is 35.9 Å². The normalized spacial score (nSPS) is 17.4. The van der Waals surface area contributed by atoms with Gasteiger partial charge in [-0.25, -0.2) is 0 Å². The Kier molecular flexibility index (Phi) is 5.26. The van der Waals surface area contributed by atoms with Crippen molar-refractivity contribution >= 4 is 5.91 Å². The minimum atomic E-state index is 0.115. The van der Waals surface area contributed by atoms with Gasteiger partial charge in [-0.2, -0.15) is 0 Å². The van der Waals surface area contributed by atoms with E-state index in [-0.39, 0.29) is 11.8 Å². The predicted octanol–water partition coefficient (Wildman–Crippen LogP) is 3.02. The smallest absolute Gasteiger partial charge is 0.226 e. The summed E-state index contributed by atoms with van der Waals surface area (Å²) in [5, 5.41) is 0. The molecule has 0 aliphatic heterocycles. The SMILES string of the molecule is COc1ccc(CN(C)C(=O)C2CC=CCC2)c(OC)c1. The van der Waals surface area contributed by atoms with E-state index in [9.17, 15) is 4.79 Å². The minimum absolute atomic E-state index is 0.115. The molecule has 4 nitrogen and oxygen atoms in total. The molecule has 1 amide bonds. The number of benzene rings is 1. The molecule has 1 aliphatic carbocycles. The molecule has 1 unspecified atom stereocenters. The van der Waals surface area contributed by atoms with E-state index in [0.29, 0.717) is 6.54 Å². The summed E-state index contributed by atoms with van der Waals surface area (Å²) in [5.41, 5.74) is 0.987. The summed E-state index contributed by atoms with van der Waals surface area (Å²) in [6.07, 6.45) is 7.04. The lowest BCUT2D eigenvalue weighted by atomic mass is 9.93. The Morgan fingerprint density at radius 3 is 2.71 bits per heavy atom. The third-order valence-electron chi connectivity index (χ3n) is 3.90. The average molecular weight is 289 g/mol. The third-order valence-corrected chi connectivity index (χ3v) is 3.90. The monoisotopic (exact) mass is 289 g/mol. The number of hydrogen-bond donors (Lipinski definition) is 0. The van der Waals surface area contributed by atoms with Crippen LogP contribution in [0.4, 0.5) is 0 Å². The summed E-state index contributed by atoms with van der Waals surface area (Å²) in [4.78, 5) is 14.2. The number of nitrogens with zero attached hydrogens (tertiary/aromatic N) is 1. The standard InChI is InChI=1S/C17H23NO3/c1-18(17(19)13-7-5-4-6-8-13)12-14-9-10-15(20-2)11-16(14)21-3/h4-5,9-11,13H,6-8,12H2,1-3H3. The number of rotatable bonds is 5. The van der Waals surface area contributed by atoms with Crippen molar-refractivity contribution in [1.29, 1.82) is 0 Å². The van der Waals surface area contributed by atoms with Gasteiger partial charge in [-0.05, 0) is 31.4 Å². The molecule has 0 heterocycles. The van der Waals surface area contributed by atoms with Crippen molar-refractivity contribution in [2.75, 3.05) is 21.3 Å². The van der Waals surface area contributed by atoms with Crippen LogP contribution in [0.25, 0.3) is 0 Å². The number of carbonyl (C=O) groups excluding carboxylic acids is 1. The van der Waals surface area contributed by atoms with E-state index in [2.05, 4.69) is 12.2 Å². The zero-order chi connectivity index (χ0) is 15.2. The maximum absolute atomic E-state index is 12.5. The largest absolute Gasteiger partial charge is 0.497 e. The molecule has 1 atom stereocenters. The summed E-state index contributed by atoms with van der Waals surface area (Å²) < 4.78 is 10.6. The molecule has 0 radical (unpaired) electrons. The molecule has 114 valence electrons. The fourth-order valence-electron chi connectivity index (χ4n) is 2.65. The highest BCUT2D eigenvalue weighted by Crippen LogP contribution is 2.27. The van der Waals surface area contributed by atoms with Gasteiger partial charge >= 0.3 is 0 Å². The molecule has 1 aliphatic rings. The molecule has 0 spiro atoms. The van der Waals surface area contributed by atoms with Crippen LogP contribution < -0.4 is 9.47 Å². The Hall–Kier alpha value is -1.97. The second-order valence-corrected chi connectivity index (χ2v) is 5.35. The van der Waals surface area contributed by atoms with Gasteiger partial charge in [0.25, 0.3) is 0 Å². The Morgan fingerprint density at radius 1 is 1.29 bits per heavy atom. The van der Waals surface area contributed by atoms with Crippen LogP contribution in [0.5, 0.6) is 11.5 Å². The Labute approximate surface area is 126 Å². The number of carbonyl (C=O) groups is 1. The topological polar surface area (TPSA) is 38.8 Å². The van der Waals surface area contributed by atoms with E-state index >= 15 is 0 Å². The Bertz CT molecular complexity index is 525. The number of ether oxygens (including phenoxy) is 2. The molecule has 21 heavy (non-hydrogen) atoms. The summed E-state index contributed by atoms with van der Waals surface area (Å²) in [5.74, 6) is 1.82. The Balaban J connectivity index is 2.06. The lowest BCUT2D eigenvalue weighted by Gasteiger charge is -2.25. The second kappa shape index (κ2) is 7.16. The van der Waals surface area contributed by atoms with Gasteiger partial charge in [0, 0.05) is 31.1 Å². The van der Waals surface area contributed by atoms with Crippen molar-refractivity contribution in [3.8, 4) is 11.5 Å². The van der Waals surface area contributed by atoms with Crippen molar-refractivity contribution in [2.24, 2.45) is 5.92 Å². The summed E-state index contributed by atoms with van der Waals surface area (Å²) in [6, 6.07) is 5.68. The molecule has 0 fully saturated rings. The van der Waals surface area contributed by atoms with Crippen molar-refractivity contribution in [1.82, 2.24) is 4.90 Å². The molecule has 0 bridgehead atoms. The van der Waals surface area contributed by atoms with Crippen LogP contribution in [0.15, 0.2) is 30.4 Å². The number of amides is 1. The fourth-order valence-corrected chi connectivity index (χ4v) is 2.65. The van der Waals surface area contributed by atoms with E-state index < -0.39 is 0 Å². The summed E-state index contributed by atoms with van der Waals surface area (Å²) >= 11 is 0. The molecular formula is C17H23NO3. The van der Waals surface area contributed by atoms with E-state index in [1.807, 2.05) is 25.2 Å². The first-order valence-electron chi connectivity index (χ1n) is 7.26. The molecule has 0 aromatic heterocycles. The molecule has 2 rings (SSSR count). The van der Waals surface area contributed by atoms with Crippen LogP contribution in [0, 0.1) is 5.92 Å². The van der Waals surface area contributed by atoms with Gasteiger partial charge in [0.15, 0.2) is 0 Å². The molecule has 1 aromatic carbocycles. The average Bonchev–Trinajstić information content (AvgIpc) is 2.55. The van der Waals surface area contributed by atoms with Crippen LogP contribution in [-0.2, 0) is 11.3 Å². The number of hydrogen-bond acceptors (Lipinski definition) is 3. The van der Waals surface area contributed by atoms with E-state index in [1.165, 1.54) is 0 Å². The van der Waals surface area contributed by atoms with Crippen LogP contribution >= 0.6 is 0 Å². The minimum Gasteiger partial charge on any atom is -0.497 e. The van der Waals surface area contributed by atoms with Gasteiger partial charge < -0.3 is 14.4 Å². The van der Waals surface area contributed by atoms with Gasteiger partial charge in [-0.15, -0.1) is 0 Å². The van der Waals surface area contributed by atoms with Crippen LogP contribution in [0.2, 0.25) is 0 Å². The van der Waals surface area contributed by atoms with Crippen molar-refractivity contribution in [2.45, 2.75) is 25.8 Å². The van der Waals surface area contributed by atoms with Gasteiger partial charge in [0.05, 0.1) is 14.2 Å². The summed E-state index contributed by atoms with van der Waals surface area (Å²) in [6.45, 7) is 0.548. The van der Waals surface area contributed by atoms with Crippen LogP contribution in [0.3, 0.4) is 0 Å². The first kappa shape index (κ1) is 15.4. The predicted molar refractivity (Wildman–Crippen MR) is 82.5 cm³/mol. The van der Waals surface area contributed by atoms with E-state index in [0.717, 1.165) is 36.3 Å². The highest BCUT2D eigenvalue weighted by Gasteiger charge is 2.22. The Morgan fingerprint density at radius 2 is 2.10 bits per heavy atom. The van der Waals surface area contributed by atoms with Gasteiger partial charge in [-0.1, -0.05) is 12.2 Å². The fraction of sp³-hybridized carbons (Fsp3) is 0.471. The van der Waals surface area contributed by atoms with Crippen molar-refractivity contribution in [3.63, 3.8) is 0 Å².